The van der Waals surface area contributed by atoms with Gasteiger partial charge < -0.3 is 9.47 Å². The average Bonchev–Trinajstić information content (AvgIpc) is 2.78. The maximum Gasteiger partial charge on any atom is 0.127 e. The molecule has 1 aromatic carbocycles. The Morgan fingerprint density at radius 3 is 2.20 bits per heavy atom. The number of nitrogens with zero attached hydrogens (tertiary/aromatic N) is 1. The van der Waals surface area contributed by atoms with E-state index in [1.54, 1.807) is 25.6 Å². The van der Waals surface area contributed by atoms with Crippen LogP contribution in [0.15, 0.2) is 18.2 Å². The summed E-state index contributed by atoms with van der Waals surface area (Å²) in [4.78, 5) is 5.52. The van der Waals surface area contributed by atoms with Crippen LogP contribution in [-0.2, 0) is 0 Å². The molecule has 6 heteroatoms. The molecule has 20 heavy (non-hydrogen) atoms. The summed E-state index contributed by atoms with van der Waals surface area (Å²) >= 11 is 1.62. The van der Waals surface area contributed by atoms with Crippen LogP contribution in [0.2, 0.25) is 0 Å². The third kappa shape index (κ3) is 2.63. The average molecular weight is 293 g/mol. The highest BCUT2D eigenvalue weighted by Gasteiger charge is 2.25. The summed E-state index contributed by atoms with van der Waals surface area (Å²) in [7, 11) is 3.27. The van der Waals surface area contributed by atoms with Gasteiger partial charge in [0.1, 0.15) is 11.5 Å². The second-order valence-corrected chi connectivity index (χ2v) is 5.59. The van der Waals surface area contributed by atoms with E-state index in [4.69, 9.17) is 15.3 Å². The van der Waals surface area contributed by atoms with E-state index in [0.717, 1.165) is 32.6 Å². The Hall–Kier alpha value is -1.63. The van der Waals surface area contributed by atoms with Gasteiger partial charge in [0.25, 0.3) is 0 Å². The molecule has 0 amide bonds. The predicted molar refractivity (Wildman–Crippen MR) is 80.3 cm³/mol. The minimum absolute atomic E-state index is 0.215. The van der Waals surface area contributed by atoms with Gasteiger partial charge in [-0.2, -0.15) is 0 Å². The summed E-state index contributed by atoms with van der Waals surface area (Å²) in [6.07, 6.45) is 0. The molecule has 0 aliphatic rings. The molecule has 1 atom stereocenters. The zero-order valence-corrected chi connectivity index (χ0v) is 12.9. The molecule has 108 valence electrons. The van der Waals surface area contributed by atoms with Crippen molar-refractivity contribution in [3.8, 4) is 11.5 Å². The molecule has 1 unspecified atom stereocenters. The first kappa shape index (κ1) is 14.8. The van der Waals surface area contributed by atoms with Crippen molar-refractivity contribution in [2.75, 3.05) is 14.2 Å². The van der Waals surface area contributed by atoms with E-state index < -0.39 is 0 Å². The van der Waals surface area contributed by atoms with Crippen LogP contribution in [0, 0.1) is 13.8 Å². The molecule has 0 spiro atoms. The van der Waals surface area contributed by atoms with Crippen molar-refractivity contribution in [2.45, 2.75) is 19.9 Å². The number of hydrogen-bond donors (Lipinski definition) is 2. The first-order valence-electron chi connectivity index (χ1n) is 6.23. The van der Waals surface area contributed by atoms with Gasteiger partial charge in [-0.1, -0.05) is 6.07 Å². The summed E-state index contributed by atoms with van der Waals surface area (Å²) < 4.78 is 10.9. The fourth-order valence-electron chi connectivity index (χ4n) is 2.27. The minimum atomic E-state index is -0.215. The monoisotopic (exact) mass is 293 g/mol. The number of thiazole rings is 1. The molecular weight excluding hydrogens is 274 g/mol. The number of hydrogen-bond acceptors (Lipinski definition) is 6. The van der Waals surface area contributed by atoms with Gasteiger partial charge in [-0.25, -0.2) is 10.4 Å². The summed E-state index contributed by atoms with van der Waals surface area (Å²) in [5.41, 5.74) is 4.69. The van der Waals surface area contributed by atoms with Crippen LogP contribution in [0.5, 0.6) is 11.5 Å². The number of aromatic nitrogens is 1. The lowest BCUT2D eigenvalue weighted by Crippen LogP contribution is -2.29. The van der Waals surface area contributed by atoms with E-state index >= 15 is 0 Å². The first-order valence-corrected chi connectivity index (χ1v) is 7.05. The van der Waals surface area contributed by atoms with Crippen molar-refractivity contribution < 1.29 is 9.47 Å². The smallest absolute Gasteiger partial charge is 0.127 e. The van der Waals surface area contributed by atoms with E-state index in [0.29, 0.717) is 0 Å². The molecule has 5 nitrogen and oxygen atoms in total. The molecule has 0 aliphatic carbocycles. The predicted octanol–water partition coefficient (Wildman–Crippen LogP) is 2.33. The maximum absolute atomic E-state index is 5.78. The third-order valence-corrected chi connectivity index (χ3v) is 4.26. The van der Waals surface area contributed by atoms with Crippen molar-refractivity contribution in [2.24, 2.45) is 5.84 Å². The molecule has 0 aliphatic heterocycles. The van der Waals surface area contributed by atoms with E-state index in [1.807, 2.05) is 32.0 Å². The Morgan fingerprint density at radius 1 is 1.20 bits per heavy atom. The minimum Gasteiger partial charge on any atom is -0.496 e. The van der Waals surface area contributed by atoms with E-state index in [9.17, 15) is 0 Å². The Kier molecular flexibility index (Phi) is 4.59. The molecular formula is C14H19N3O2S. The molecule has 2 aromatic rings. The number of benzene rings is 1. The van der Waals surface area contributed by atoms with E-state index in [-0.39, 0.29) is 6.04 Å². The largest absolute Gasteiger partial charge is 0.496 e. The fraction of sp³-hybridized carbons (Fsp3) is 0.357. The molecule has 0 saturated heterocycles. The van der Waals surface area contributed by atoms with Crippen molar-refractivity contribution in [3.05, 3.63) is 39.3 Å². The third-order valence-electron chi connectivity index (χ3n) is 3.12. The number of hydrazine groups is 1. The molecule has 0 radical (unpaired) electrons. The molecule has 0 bridgehead atoms. The fourth-order valence-corrected chi connectivity index (χ4v) is 3.27. The van der Waals surface area contributed by atoms with Gasteiger partial charge in [-0.15, -0.1) is 11.3 Å². The number of methoxy groups -OCH3 is 2. The summed E-state index contributed by atoms with van der Waals surface area (Å²) in [5.74, 6) is 7.25. The van der Waals surface area contributed by atoms with Crippen LogP contribution in [0.1, 0.15) is 27.2 Å². The van der Waals surface area contributed by atoms with Crippen LogP contribution < -0.4 is 20.7 Å². The molecule has 1 heterocycles. The zero-order valence-electron chi connectivity index (χ0n) is 12.1. The summed E-state index contributed by atoms with van der Waals surface area (Å²) in [6, 6.07) is 5.46. The highest BCUT2D eigenvalue weighted by Crippen LogP contribution is 2.39. The van der Waals surface area contributed by atoms with Crippen LogP contribution in [-0.4, -0.2) is 19.2 Å². The number of rotatable bonds is 5. The van der Waals surface area contributed by atoms with Crippen LogP contribution in [0.25, 0.3) is 0 Å². The second kappa shape index (κ2) is 6.21. The number of nitrogens with one attached hydrogen (secondary N) is 1. The highest BCUT2D eigenvalue weighted by atomic mass is 32.1. The molecule has 3 N–H and O–H groups in total. The maximum atomic E-state index is 5.78. The van der Waals surface area contributed by atoms with Crippen LogP contribution >= 0.6 is 11.3 Å². The molecule has 2 rings (SSSR count). The van der Waals surface area contributed by atoms with Gasteiger partial charge in [0, 0.05) is 0 Å². The molecule has 0 saturated carbocycles. The van der Waals surface area contributed by atoms with Gasteiger partial charge in [-0.05, 0) is 26.0 Å². The summed E-state index contributed by atoms with van der Waals surface area (Å²) in [5, 5.41) is 1.01. The quantitative estimate of drug-likeness (QED) is 0.654. The van der Waals surface area contributed by atoms with Gasteiger partial charge in [0.2, 0.25) is 0 Å². The van der Waals surface area contributed by atoms with Gasteiger partial charge in [-0.3, -0.25) is 5.84 Å². The van der Waals surface area contributed by atoms with Crippen molar-refractivity contribution >= 4 is 11.3 Å². The van der Waals surface area contributed by atoms with E-state index in [1.165, 1.54) is 0 Å². The number of nitrogens with two attached hydrogens (primary N) is 1. The second-order valence-electron chi connectivity index (χ2n) is 4.36. The Labute approximate surface area is 122 Å². The zero-order chi connectivity index (χ0) is 14.7. The topological polar surface area (TPSA) is 69.4 Å². The lowest BCUT2D eigenvalue weighted by atomic mass is 10.0. The van der Waals surface area contributed by atoms with Gasteiger partial charge in [0.15, 0.2) is 0 Å². The molecule has 1 aromatic heterocycles. The standard InChI is InChI=1S/C14H19N3O2S/c1-8-14(20-9(2)16-8)13(17-15)12-10(18-3)6-5-7-11(12)19-4/h5-7,13,17H,15H2,1-4H3. The lowest BCUT2D eigenvalue weighted by molar-refractivity contribution is 0.377. The number of aryl methyl sites for hydroxylation is 2. The normalized spacial score (nSPS) is 12.2. The Balaban J connectivity index is 2.59. The van der Waals surface area contributed by atoms with Crippen molar-refractivity contribution in [3.63, 3.8) is 0 Å². The Bertz CT molecular complexity index is 576. The van der Waals surface area contributed by atoms with E-state index in [2.05, 4.69) is 10.4 Å². The van der Waals surface area contributed by atoms with Gasteiger partial charge in [0.05, 0.1) is 41.4 Å². The molecule has 0 fully saturated rings. The van der Waals surface area contributed by atoms with Crippen molar-refractivity contribution in [1.82, 2.24) is 10.4 Å². The van der Waals surface area contributed by atoms with Crippen LogP contribution in [0.4, 0.5) is 0 Å². The first-order chi connectivity index (χ1) is 9.62. The number of ether oxygens (including phenoxy) is 2. The Morgan fingerprint density at radius 2 is 1.80 bits per heavy atom. The lowest BCUT2D eigenvalue weighted by Gasteiger charge is -2.21. The highest BCUT2D eigenvalue weighted by molar-refractivity contribution is 7.11. The van der Waals surface area contributed by atoms with Crippen LogP contribution in [0.3, 0.4) is 0 Å². The van der Waals surface area contributed by atoms with Gasteiger partial charge >= 0.3 is 0 Å². The SMILES string of the molecule is COc1cccc(OC)c1C(NN)c1sc(C)nc1C. The van der Waals surface area contributed by atoms with Crippen molar-refractivity contribution in [1.29, 1.82) is 0 Å². The summed E-state index contributed by atoms with van der Waals surface area (Å²) in [6.45, 7) is 3.96.